The highest BCUT2D eigenvalue weighted by Gasteiger charge is 2.01. The largest absolute Gasteiger partial charge is 0.378 e. The molecule has 0 atom stereocenters. The van der Waals surface area contributed by atoms with Gasteiger partial charge < -0.3 is 9.80 Å². The molecule has 0 fully saturated rings. The molecule has 0 aliphatic heterocycles. The molecule has 114 valence electrons. The van der Waals surface area contributed by atoms with Gasteiger partial charge in [0.2, 0.25) is 0 Å². The predicted molar refractivity (Wildman–Crippen MR) is 103 cm³/mol. The number of hydrogen-bond acceptors (Lipinski definition) is 4. The first-order valence-corrected chi connectivity index (χ1v) is 8.26. The molecular weight excluding hydrogens is 308 g/mol. The van der Waals surface area contributed by atoms with Crippen LogP contribution in [0, 0.1) is 11.8 Å². The van der Waals surface area contributed by atoms with Crippen molar-refractivity contribution < 1.29 is 0 Å². The molecule has 4 heteroatoms. The number of nitrogens with zero attached hydrogens (tertiary/aromatic N) is 2. The summed E-state index contributed by atoms with van der Waals surface area (Å²) >= 11 is 8.58. The molecule has 0 aliphatic rings. The average Bonchev–Trinajstić information content (AvgIpc) is 2.55. The van der Waals surface area contributed by atoms with Crippen LogP contribution in [-0.4, -0.2) is 25.8 Å². The SMILES string of the molecule is CN(C)c1ccc(C#Cc2ccc(N(CS)CS)cc2)cc1. The Morgan fingerprint density at radius 1 is 0.727 bits per heavy atom. The van der Waals surface area contributed by atoms with Gasteiger partial charge in [0.05, 0.1) is 11.8 Å². The number of rotatable bonds is 4. The van der Waals surface area contributed by atoms with Gasteiger partial charge in [0.1, 0.15) is 0 Å². The summed E-state index contributed by atoms with van der Waals surface area (Å²) in [5, 5.41) is 0. The van der Waals surface area contributed by atoms with E-state index in [0.29, 0.717) is 11.8 Å². The van der Waals surface area contributed by atoms with Crippen LogP contribution in [0.1, 0.15) is 11.1 Å². The lowest BCUT2D eigenvalue weighted by atomic mass is 10.1. The van der Waals surface area contributed by atoms with Crippen molar-refractivity contribution >= 4 is 36.6 Å². The van der Waals surface area contributed by atoms with Gasteiger partial charge in [0.25, 0.3) is 0 Å². The maximum absolute atomic E-state index is 4.29. The second kappa shape index (κ2) is 8.07. The Bertz CT molecular complexity index is 648. The highest BCUT2D eigenvalue weighted by molar-refractivity contribution is 7.81. The second-order valence-corrected chi connectivity index (χ2v) is 5.63. The quantitative estimate of drug-likeness (QED) is 0.501. The minimum atomic E-state index is 0.646. The van der Waals surface area contributed by atoms with Crippen LogP contribution in [0.15, 0.2) is 48.5 Å². The van der Waals surface area contributed by atoms with Crippen LogP contribution in [0.25, 0.3) is 0 Å². The Balaban J connectivity index is 2.11. The lowest BCUT2D eigenvalue weighted by Gasteiger charge is -2.19. The molecule has 0 aromatic heterocycles. The first kappa shape index (κ1) is 16.7. The monoisotopic (exact) mass is 328 g/mol. The fraction of sp³-hybridized carbons (Fsp3) is 0.222. The summed E-state index contributed by atoms with van der Waals surface area (Å²) in [6.45, 7) is 0. The van der Waals surface area contributed by atoms with Crippen LogP contribution in [0.2, 0.25) is 0 Å². The van der Waals surface area contributed by atoms with Crippen LogP contribution in [0.5, 0.6) is 0 Å². The van der Waals surface area contributed by atoms with Crippen LogP contribution >= 0.6 is 25.3 Å². The molecule has 0 heterocycles. The van der Waals surface area contributed by atoms with Crippen LogP contribution in [-0.2, 0) is 0 Å². The molecule has 2 nitrogen and oxygen atoms in total. The molecule has 0 saturated heterocycles. The zero-order valence-corrected chi connectivity index (χ0v) is 14.6. The van der Waals surface area contributed by atoms with E-state index in [-0.39, 0.29) is 0 Å². The predicted octanol–water partition coefficient (Wildman–Crippen LogP) is 3.73. The lowest BCUT2D eigenvalue weighted by Crippen LogP contribution is -2.18. The molecule has 0 spiro atoms. The normalized spacial score (nSPS) is 9.82. The van der Waals surface area contributed by atoms with Crippen molar-refractivity contribution in [2.24, 2.45) is 0 Å². The van der Waals surface area contributed by atoms with Crippen LogP contribution in [0.4, 0.5) is 11.4 Å². The molecule has 0 saturated carbocycles. The molecule has 2 aromatic carbocycles. The summed E-state index contributed by atoms with van der Waals surface area (Å²) in [7, 11) is 4.06. The molecule has 0 N–H and O–H groups in total. The van der Waals surface area contributed by atoms with Crippen molar-refractivity contribution in [2.45, 2.75) is 0 Å². The second-order valence-electron chi connectivity index (χ2n) is 5.06. The highest BCUT2D eigenvalue weighted by atomic mass is 32.1. The van der Waals surface area contributed by atoms with Gasteiger partial charge in [-0.25, -0.2) is 0 Å². The number of anilines is 2. The Hall–Kier alpha value is -1.70. The standard InChI is InChI=1S/C18H20N2S2/c1-19(2)17-9-5-15(6-10-17)3-4-16-7-11-18(12-8-16)20(13-21)14-22/h5-12,21-22H,13-14H2,1-2H3. The number of hydrogen-bond donors (Lipinski definition) is 2. The minimum Gasteiger partial charge on any atom is -0.378 e. The van der Waals surface area contributed by atoms with Gasteiger partial charge in [0.15, 0.2) is 0 Å². The highest BCUT2D eigenvalue weighted by Crippen LogP contribution is 2.16. The molecule has 0 unspecified atom stereocenters. The van der Waals surface area contributed by atoms with Crippen molar-refractivity contribution in [3.8, 4) is 11.8 Å². The van der Waals surface area contributed by atoms with E-state index in [1.54, 1.807) is 0 Å². The van der Waals surface area contributed by atoms with Gasteiger partial charge in [-0.2, -0.15) is 25.3 Å². The van der Waals surface area contributed by atoms with E-state index in [9.17, 15) is 0 Å². The first-order valence-electron chi connectivity index (χ1n) is 7.00. The number of benzene rings is 2. The van der Waals surface area contributed by atoms with E-state index in [0.717, 1.165) is 16.8 Å². The Kier molecular flexibility index (Phi) is 6.11. The van der Waals surface area contributed by atoms with E-state index < -0.39 is 0 Å². The van der Waals surface area contributed by atoms with Gasteiger partial charge >= 0.3 is 0 Å². The Morgan fingerprint density at radius 2 is 1.14 bits per heavy atom. The van der Waals surface area contributed by atoms with Gasteiger partial charge in [-0.1, -0.05) is 11.8 Å². The van der Waals surface area contributed by atoms with Crippen molar-refractivity contribution in [3.63, 3.8) is 0 Å². The minimum absolute atomic E-state index is 0.646. The summed E-state index contributed by atoms with van der Waals surface area (Å²) in [5.74, 6) is 7.67. The van der Waals surface area contributed by atoms with E-state index in [1.807, 2.05) is 50.5 Å². The van der Waals surface area contributed by atoms with Crippen molar-refractivity contribution in [2.75, 3.05) is 35.6 Å². The van der Waals surface area contributed by atoms with Crippen LogP contribution in [0.3, 0.4) is 0 Å². The molecule has 0 amide bonds. The molecule has 2 aromatic rings. The average molecular weight is 329 g/mol. The van der Waals surface area contributed by atoms with E-state index in [1.165, 1.54) is 5.69 Å². The van der Waals surface area contributed by atoms with E-state index in [2.05, 4.69) is 59.0 Å². The fourth-order valence-electron chi connectivity index (χ4n) is 1.95. The first-order chi connectivity index (χ1) is 10.6. The zero-order chi connectivity index (χ0) is 15.9. The third-order valence-corrected chi connectivity index (χ3v) is 3.99. The van der Waals surface area contributed by atoms with Crippen molar-refractivity contribution in [1.29, 1.82) is 0 Å². The molecule has 2 rings (SSSR count). The van der Waals surface area contributed by atoms with E-state index in [4.69, 9.17) is 0 Å². The smallest absolute Gasteiger partial charge is 0.0618 e. The van der Waals surface area contributed by atoms with Crippen LogP contribution < -0.4 is 9.80 Å². The summed E-state index contributed by atoms with van der Waals surface area (Å²) < 4.78 is 0. The molecule has 0 radical (unpaired) electrons. The summed E-state index contributed by atoms with van der Waals surface area (Å²) in [4.78, 5) is 4.13. The third-order valence-electron chi connectivity index (χ3n) is 3.31. The van der Waals surface area contributed by atoms with Gasteiger partial charge in [-0.05, 0) is 48.5 Å². The number of thiol groups is 2. The molecule has 0 aliphatic carbocycles. The summed E-state index contributed by atoms with van der Waals surface area (Å²) in [5.41, 5.74) is 4.29. The van der Waals surface area contributed by atoms with Gasteiger partial charge in [0, 0.05) is 36.6 Å². The zero-order valence-electron chi connectivity index (χ0n) is 12.8. The molecule has 0 bridgehead atoms. The maximum Gasteiger partial charge on any atom is 0.0618 e. The fourth-order valence-corrected chi connectivity index (χ4v) is 2.64. The van der Waals surface area contributed by atoms with E-state index >= 15 is 0 Å². The third kappa shape index (κ3) is 4.40. The lowest BCUT2D eigenvalue weighted by molar-refractivity contribution is 1.07. The maximum atomic E-state index is 4.29. The van der Waals surface area contributed by atoms with Gasteiger partial charge in [-0.3, -0.25) is 0 Å². The Labute approximate surface area is 144 Å². The topological polar surface area (TPSA) is 6.48 Å². The molecule has 22 heavy (non-hydrogen) atoms. The summed E-state index contributed by atoms with van der Waals surface area (Å²) in [6, 6.07) is 16.4. The van der Waals surface area contributed by atoms with Crippen molar-refractivity contribution in [3.05, 3.63) is 59.7 Å². The van der Waals surface area contributed by atoms with Gasteiger partial charge in [-0.15, -0.1) is 0 Å². The van der Waals surface area contributed by atoms with Crippen molar-refractivity contribution in [1.82, 2.24) is 0 Å². The summed E-state index contributed by atoms with van der Waals surface area (Å²) in [6.07, 6.45) is 0. The molecular formula is C18H20N2S2. The Morgan fingerprint density at radius 3 is 1.50 bits per heavy atom.